The van der Waals surface area contributed by atoms with Gasteiger partial charge in [-0.25, -0.2) is 8.96 Å². The minimum Gasteiger partial charge on any atom is -0.454 e. The van der Waals surface area contributed by atoms with Crippen LogP contribution in [0.5, 0.6) is 0 Å². The number of fused-ring (bicyclic) bond motifs is 4. The van der Waals surface area contributed by atoms with Gasteiger partial charge in [0.15, 0.2) is 6.20 Å². The van der Waals surface area contributed by atoms with Gasteiger partial charge in [0.05, 0.1) is 11.1 Å². The standard InChI is InChI=1S/C33H31FNO/c1-20-13-14-25-26-15-16-28(34)31(33(26)36-32(25)30(20)29-12-5-6-17-35(29)2)23-18-22-10-7-11-24(22)27(19-23)21-8-3-4-9-21/h5-6,12-19,21H,3-4,7-11H2,1-2H3/q+1. The van der Waals surface area contributed by atoms with Crippen molar-refractivity contribution in [3.8, 4) is 22.4 Å². The number of halogens is 1. The van der Waals surface area contributed by atoms with Gasteiger partial charge in [0, 0.05) is 22.9 Å². The molecule has 0 radical (unpaired) electrons. The van der Waals surface area contributed by atoms with Crippen LogP contribution in [0.25, 0.3) is 44.3 Å². The Morgan fingerprint density at radius 1 is 0.861 bits per heavy atom. The van der Waals surface area contributed by atoms with Crippen molar-refractivity contribution >= 4 is 21.9 Å². The highest BCUT2D eigenvalue weighted by Gasteiger charge is 2.27. The van der Waals surface area contributed by atoms with Gasteiger partial charge in [-0.2, -0.15) is 0 Å². The molecule has 0 bridgehead atoms. The molecular formula is C33H31FNO+. The van der Waals surface area contributed by atoms with Crippen molar-refractivity contribution in [3.05, 3.63) is 88.9 Å². The molecule has 2 aliphatic rings. The van der Waals surface area contributed by atoms with Crippen LogP contribution in [0.1, 0.15) is 60.3 Å². The van der Waals surface area contributed by atoms with Gasteiger partial charge in [-0.1, -0.05) is 37.1 Å². The van der Waals surface area contributed by atoms with E-state index in [4.69, 9.17) is 4.42 Å². The summed E-state index contributed by atoms with van der Waals surface area (Å²) < 4.78 is 24.5. The Balaban J connectivity index is 1.51. The van der Waals surface area contributed by atoms with Crippen LogP contribution >= 0.6 is 0 Å². The predicted octanol–water partition coefficient (Wildman–Crippen LogP) is 8.34. The highest BCUT2D eigenvalue weighted by Crippen LogP contribution is 2.45. The molecule has 2 heterocycles. The number of aromatic nitrogens is 1. The summed E-state index contributed by atoms with van der Waals surface area (Å²) in [4.78, 5) is 0. The summed E-state index contributed by atoms with van der Waals surface area (Å²) in [5.41, 5.74) is 10.8. The zero-order valence-corrected chi connectivity index (χ0v) is 21.0. The topological polar surface area (TPSA) is 17.0 Å². The second-order valence-corrected chi connectivity index (χ2v) is 10.8. The molecular weight excluding hydrogens is 445 g/mol. The fourth-order valence-corrected chi connectivity index (χ4v) is 6.83. The van der Waals surface area contributed by atoms with Gasteiger partial charge in [0.1, 0.15) is 24.0 Å². The monoisotopic (exact) mass is 476 g/mol. The molecule has 2 aromatic heterocycles. The largest absolute Gasteiger partial charge is 0.454 e. The number of hydrogen-bond acceptors (Lipinski definition) is 1. The zero-order chi connectivity index (χ0) is 24.4. The maximum atomic E-state index is 15.7. The Morgan fingerprint density at radius 2 is 1.64 bits per heavy atom. The van der Waals surface area contributed by atoms with Gasteiger partial charge in [0.25, 0.3) is 0 Å². The molecule has 0 spiro atoms. The Morgan fingerprint density at radius 3 is 2.44 bits per heavy atom. The number of nitrogens with zero attached hydrogens (tertiary/aromatic N) is 1. The molecule has 0 amide bonds. The summed E-state index contributed by atoms with van der Waals surface area (Å²) >= 11 is 0. The average molecular weight is 477 g/mol. The molecule has 0 atom stereocenters. The summed E-state index contributed by atoms with van der Waals surface area (Å²) in [6, 6.07) is 18.5. The summed E-state index contributed by atoms with van der Waals surface area (Å²) in [6.45, 7) is 2.12. The zero-order valence-electron chi connectivity index (χ0n) is 21.0. The van der Waals surface area contributed by atoms with Crippen LogP contribution in [0.2, 0.25) is 0 Å². The Kier molecular flexibility index (Phi) is 5.02. The molecule has 2 aliphatic carbocycles. The first-order valence-electron chi connectivity index (χ1n) is 13.4. The third-order valence-corrected chi connectivity index (χ3v) is 8.61. The van der Waals surface area contributed by atoms with Crippen LogP contribution < -0.4 is 4.57 Å². The molecule has 5 aromatic rings. The van der Waals surface area contributed by atoms with E-state index in [2.05, 4.69) is 61.1 Å². The van der Waals surface area contributed by atoms with Gasteiger partial charge in [0.2, 0.25) is 5.69 Å². The van der Waals surface area contributed by atoms with Gasteiger partial charge in [-0.15, -0.1) is 0 Å². The predicted molar refractivity (Wildman–Crippen MR) is 144 cm³/mol. The number of hydrogen-bond donors (Lipinski definition) is 0. The first kappa shape index (κ1) is 21.8. The number of benzene rings is 3. The first-order chi connectivity index (χ1) is 17.6. The quantitative estimate of drug-likeness (QED) is 0.239. The van der Waals surface area contributed by atoms with Crippen LogP contribution in [0.15, 0.2) is 65.2 Å². The molecule has 3 aromatic carbocycles. The lowest BCUT2D eigenvalue weighted by atomic mass is 9.87. The van der Waals surface area contributed by atoms with Crippen LogP contribution in [-0.2, 0) is 19.9 Å². The highest BCUT2D eigenvalue weighted by molar-refractivity contribution is 6.13. The number of pyridine rings is 1. The van der Waals surface area contributed by atoms with Gasteiger partial charge < -0.3 is 4.42 Å². The van der Waals surface area contributed by atoms with E-state index in [1.54, 1.807) is 6.07 Å². The van der Waals surface area contributed by atoms with E-state index in [1.807, 2.05) is 12.1 Å². The van der Waals surface area contributed by atoms with E-state index in [9.17, 15) is 0 Å². The molecule has 36 heavy (non-hydrogen) atoms. The van der Waals surface area contributed by atoms with E-state index in [-0.39, 0.29) is 5.82 Å². The maximum absolute atomic E-state index is 15.7. The number of furan rings is 1. The Bertz CT molecular complexity index is 1650. The molecule has 0 aliphatic heterocycles. The maximum Gasteiger partial charge on any atom is 0.216 e. The SMILES string of the molecule is Cc1ccc2c(oc3c(-c4cc5c(c(C6CCCC6)c4)CCC5)c(F)ccc32)c1-c1cccc[n+]1C. The van der Waals surface area contributed by atoms with Crippen molar-refractivity contribution in [2.45, 2.75) is 57.8 Å². The van der Waals surface area contributed by atoms with Crippen LogP contribution in [0, 0.1) is 12.7 Å². The minimum atomic E-state index is -0.208. The van der Waals surface area contributed by atoms with Crippen LogP contribution in [0.3, 0.4) is 0 Å². The summed E-state index contributed by atoms with van der Waals surface area (Å²) in [5, 5.41) is 2.01. The number of aryl methyl sites for hydroxylation is 3. The van der Waals surface area contributed by atoms with Gasteiger partial charge >= 0.3 is 0 Å². The Labute approximate surface area is 211 Å². The lowest BCUT2D eigenvalue weighted by Gasteiger charge is -2.18. The lowest BCUT2D eigenvalue weighted by Crippen LogP contribution is -2.30. The van der Waals surface area contributed by atoms with E-state index in [0.29, 0.717) is 17.1 Å². The normalized spacial score (nSPS) is 15.9. The minimum absolute atomic E-state index is 0.208. The summed E-state index contributed by atoms with van der Waals surface area (Å²) in [7, 11) is 2.05. The fraction of sp³-hybridized carbons (Fsp3) is 0.303. The third kappa shape index (κ3) is 3.25. The number of rotatable bonds is 3. The van der Waals surface area contributed by atoms with Gasteiger partial charge in [-0.05, 0) is 91.0 Å². The van der Waals surface area contributed by atoms with E-state index >= 15 is 4.39 Å². The summed E-state index contributed by atoms with van der Waals surface area (Å²) in [6.07, 6.45) is 10.6. The molecule has 0 unspecified atom stereocenters. The highest BCUT2D eigenvalue weighted by atomic mass is 19.1. The van der Waals surface area contributed by atoms with Crippen molar-refractivity contribution in [2.24, 2.45) is 7.05 Å². The molecule has 1 saturated carbocycles. The van der Waals surface area contributed by atoms with Crippen LogP contribution in [0.4, 0.5) is 4.39 Å². The molecule has 0 N–H and O–H groups in total. The van der Waals surface area contributed by atoms with Crippen molar-refractivity contribution in [1.82, 2.24) is 0 Å². The van der Waals surface area contributed by atoms with E-state index in [0.717, 1.165) is 51.6 Å². The third-order valence-electron chi connectivity index (χ3n) is 8.61. The van der Waals surface area contributed by atoms with E-state index < -0.39 is 0 Å². The smallest absolute Gasteiger partial charge is 0.216 e. The molecule has 2 nitrogen and oxygen atoms in total. The fourth-order valence-electron chi connectivity index (χ4n) is 6.83. The second kappa shape index (κ2) is 8.30. The van der Waals surface area contributed by atoms with Crippen molar-refractivity contribution in [1.29, 1.82) is 0 Å². The summed E-state index contributed by atoms with van der Waals surface area (Å²) in [5.74, 6) is 0.405. The van der Waals surface area contributed by atoms with Crippen molar-refractivity contribution < 1.29 is 13.4 Å². The Hall–Kier alpha value is -3.46. The van der Waals surface area contributed by atoms with Crippen LogP contribution in [-0.4, -0.2) is 0 Å². The van der Waals surface area contributed by atoms with Crippen molar-refractivity contribution in [2.75, 3.05) is 0 Å². The first-order valence-corrected chi connectivity index (χ1v) is 13.4. The second-order valence-electron chi connectivity index (χ2n) is 10.8. The molecule has 3 heteroatoms. The molecule has 180 valence electrons. The molecule has 0 saturated heterocycles. The van der Waals surface area contributed by atoms with Crippen molar-refractivity contribution in [3.63, 3.8) is 0 Å². The van der Waals surface area contributed by atoms with E-state index in [1.165, 1.54) is 48.8 Å². The lowest BCUT2D eigenvalue weighted by molar-refractivity contribution is -0.660. The average Bonchev–Trinajstić information content (AvgIpc) is 3.64. The molecule has 1 fully saturated rings. The van der Waals surface area contributed by atoms with Gasteiger partial charge in [-0.3, -0.25) is 0 Å². The molecule has 7 rings (SSSR count).